The van der Waals surface area contributed by atoms with Crippen molar-refractivity contribution in [1.29, 1.82) is 0 Å². The highest BCUT2D eigenvalue weighted by molar-refractivity contribution is 14.0. The van der Waals surface area contributed by atoms with Crippen molar-refractivity contribution in [2.24, 2.45) is 4.99 Å². The number of hydrogen-bond donors (Lipinski definition) is 2. The Labute approximate surface area is 130 Å². The quantitative estimate of drug-likeness (QED) is 0.444. The topological polar surface area (TPSA) is 76.4 Å². The van der Waals surface area contributed by atoms with Crippen LogP contribution in [0, 0.1) is 0 Å². The monoisotopic (exact) mass is 380 g/mol. The molecule has 2 rings (SSSR count). The first kappa shape index (κ1) is 16.2. The lowest BCUT2D eigenvalue weighted by Crippen LogP contribution is -2.46. The summed E-state index contributed by atoms with van der Waals surface area (Å²) in [7, 11) is 5.27. The number of methoxy groups -OCH3 is 1. The van der Waals surface area contributed by atoms with Gasteiger partial charge in [0.05, 0.1) is 6.54 Å². The molecule has 19 heavy (non-hydrogen) atoms. The summed E-state index contributed by atoms with van der Waals surface area (Å²) in [5, 5.41) is 10.8. The van der Waals surface area contributed by atoms with Crippen LogP contribution in [0.5, 0.6) is 0 Å². The van der Waals surface area contributed by atoms with Gasteiger partial charge in [0.2, 0.25) is 0 Å². The zero-order chi connectivity index (χ0) is 13.0. The van der Waals surface area contributed by atoms with Gasteiger partial charge in [0.25, 0.3) is 0 Å². The van der Waals surface area contributed by atoms with Gasteiger partial charge < -0.3 is 15.4 Å². The third-order valence-corrected chi connectivity index (χ3v) is 2.98. The molecule has 1 aliphatic rings. The molecule has 2 heterocycles. The van der Waals surface area contributed by atoms with E-state index in [-0.39, 0.29) is 24.0 Å². The third-order valence-electron chi connectivity index (χ3n) is 2.98. The second-order valence-corrected chi connectivity index (χ2v) is 4.26. The zero-order valence-corrected chi connectivity index (χ0v) is 13.8. The number of halogens is 1. The van der Waals surface area contributed by atoms with E-state index in [0.717, 1.165) is 37.0 Å². The van der Waals surface area contributed by atoms with Crippen molar-refractivity contribution in [2.45, 2.75) is 32.0 Å². The molecule has 1 atom stereocenters. The molecule has 1 aliphatic heterocycles. The fourth-order valence-corrected chi connectivity index (χ4v) is 2.11. The highest BCUT2D eigenvalue weighted by atomic mass is 127. The summed E-state index contributed by atoms with van der Waals surface area (Å²) in [6.07, 6.45) is 1.96. The van der Waals surface area contributed by atoms with E-state index in [1.165, 1.54) is 0 Å². The number of guanidine groups is 1. The average molecular weight is 380 g/mol. The van der Waals surface area contributed by atoms with E-state index >= 15 is 0 Å². The molecular weight excluding hydrogens is 359 g/mol. The molecule has 0 amide bonds. The van der Waals surface area contributed by atoms with Crippen LogP contribution in [0.1, 0.15) is 18.1 Å². The Morgan fingerprint density at radius 1 is 1.58 bits per heavy atom. The molecule has 8 heteroatoms. The van der Waals surface area contributed by atoms with Gasteiger partial charge >= 0.3 is 0 Å². The van der Waals surface area contributed by atoms with E-state index < -0.39 is 0 Å². The van der Waals surface area contributed by atoms with E-state index in [9.17, 15) is 0 Å². The summed E-state index contributed by atoms with van der Waals surface area (Å²) < 4.78 is 7.01. The van der Waals surface area contributed by atoms with Crippen molar-refractivity contribution < 1.29 is 4.74 Å². The van der Waals surface area contributed by atoms with Crippen LogP contribution < -0.4 is 10.6 Å². The number of fused-ring (bicyclic) bond motifs is 1. The summed E-state index contributed by atoms with van der Waals surface area (Å²) in [5.74, 6) is 2.60. The summed E-state index contributed by atoms with van der Waals surface area (Å²) >= 11 is 0. The number of aryl methyl sites for hydroxylation is 1. The van der Waals surface area contributed by atoms with E-state index in [4.69, 9.17) is 4.74 Å². The Morgan fingerprint density at radius 2 is 2.37 bits per heavy atom. The number of aliphatic imine (C=N–C) groups is 1. The Balaban J connectivity index is 0.00000180. The SMILES string of the molecule is CN=C(NC)NC1CCc2nc(COC)nn2C1.I. The predicted octanol–water partition coefficient (Wildman–Crippen LogP) is 0.152. The molecule has 0 fully saturated rings. The molecule has 7 nitrogen and oxygen atoms in total. The minimum absolute atomic E-state index is 0. The van der Waals surface area contributed by atoms with Gasteiger partial charge in [0.1, 0.15) is 12.4 Å². The molecule has 0 bridgehead atoms. The molecular formula is C11H21IN6O. The van der Waals surface area contributed by atoms with Crippen molar-refractivity contribution >= 4 is 29.9 Å². The summed E-state index contributed by atoms with van der Waals surface area (Å²) in [4.78, 5) is 8.57. The maximum Gasteiger partial charge on any atom is 0.190 e. The van der Waals surface area contributed by atoms with Crippen molar-refractivity contribution in [3.05, 3.63) is 11.6 Å². The van der Waals surface area contributed by atoms with Gasteiger partial charge in [-0.2, -0.15) is 5.10 Å². The molecule has 0 saturated heterocycles. The van der Waals surface area contributed by atoms with Gasteiger partial charge in [-0.3, -0.25) is 4.99 Å². The van der Waals surface area contributed by atoms with Crippen LogP contribution in [-0.2, 0) is 24.3 Å². The van der Waals surface area contributed by atoms with E-state index in [1.54, 1.807) is 14.2 Å². The van der Waals surface area contributed by atoms with Crippen LogP contribution in [-0.4, -0.2) is 48.0 Å². The lowest BCUT2D eigenvalue weighted by atomic mass is 10.1. The van der Waals surface area contributed by atoms with Crippen LogP contribution in [0.25, 0.3) is 0 Å². The minimum atomic E-state index is 0. The largest absolute Gasteiger partial charge is 0.377 e. The maximum absolute atomic E-state index is 5.05. The molecule has 0 saturated carbocycles. The fraction of sp³-hybridized carbons (Fsp3) is 0.727. The molecule has 0 aliphatic carbocycles. The van der Waals surface area contributed by atoms with Crippen LogP contribution in [0.2, 0.25) is 0 Å². The molecule has 108 valence electrons. The summed E-state index contributed by atoms with van der Waals surface area (Å²) in [6, 6.07) is 0.334. The number of nitrogens with one attached hydrogen (secondary N) is 2. The minimum Gasteiger partial charge on any atom is -0.377 e. The maximum atomic E-state index is 5.05. The molecule has 1 unspecified atom stereocenters. The van der Waals surface area contributed by atoms with Crippen LogP contribution in [0.4, 0.5) is 0 Å². The number of nitrogens with zero attached hydrogens (tertiary/aromatic N) is 4. The first-order valence-electron chi connectivity index (χ1n) is 6.09. The second kappa shape index (κ2) is 7.63. The van der Waals surface area contributed by atoms with Gasteiger partial charge in [0, 0.05) is 33.7 Å². The van der Waals surface area contributed by atoms with Crippen molar-refractivity contribution in [2.75, 3.05) is 21.2 Å². The first-order chi connectivity index (χ1) is 8.76. The molecule has 2 N–H and O–H groups in total. The Morgan fingerprint density at radius 3 is 3.00 bits per heavy atom. The molecule has 1 aromatic rings. The molecule has 1 aromatic heterocycles. The van der Waals surface area contributed by atoms with Gasteiger partial charge in [-0.15, -0.1) is 24.0 Å². The summed E-state index contributed by atoms with van der Waals surface area (Å²) in [6.45, 7) is 1.28. The van der Waals surface area contributed by atoms with Gasteiger partial charge in [0.15, 0.2) is 11.8 Å². The van der Waals surface area contributed by atoms with Gasteiger partial charge in [-0.1, -0.05) is 0 Å². The fourth-order valence-electron chi connectivity index (χ4n) is 2.11. The Hall–Kier alpha value is -0.900. The lowest BCUT2D eigenvalue weighted by Gasteiger charge is -2.24. The van der Waals surface area contributed by atoms with Gasteiger partial charge in [-0.05, 0) is 6.42 Å². The van der Waals surface area contributed by atoms with Crippen LogP contribution in [0.15, 0.2) is 4.99 Å². The van der Waals surface area contributed by atoms with Crippen molar-refractivity contribution in [1.82, 2.24) is 25.4 Å². The normalized spacial score (nSPS) is 18.5. The highest BCUT2D eigenvalue weighted by Gasteiger charge is 2.21. The number of rotatable bonds is 3. The number of hydrogen-bond acceptors (Lipinski definition) is 4. The van der Waals surface area contributed by atoms with Gasteiger partial charge in [-0.25, -0.2) is 9.67 Å². The summed E-state index contributed by atoms with van der Waals surface area (Å²) in [5.41, 5.74) is 0. The predicted molar refractivity (Wildman–Crippen MR) is 83.8 cm³/mol. The molecule has 0 spiro atoms. The first-order valence-corrected chi connectivity index (χ1v) is 6.09. The number of ether oxygens (including phenoxy) is 1. The number of aromatic nitrogens is 3. The van der Waals surface area contributed by atoms with E-state index in [1.807, 2.05) is 11.7 Å². The van der Waals surface area contributed by atoms with Crippen LogP contribution >= 0.6 is 24.0 Å². The van der Waals surface area contributed by atoms with Crippen molar-refractivity contribution in [3.63, 3.8) is 0 Å². The zero-order valence-electron chi connectivity index (χ0n) is 11.5. The standard InChI is InChI=1S/C11H20N6O.HI/c1-12-11(13-2)14-8-4-5-10-15-9(7-18-3)16-17(10)6-8;/h8H,4-7H2,1-3H3,(H2,12,13,14);1H. The molecule has 0 aromatic carbocycles. The van der Waals surface area contributed by atoms with E-state index in [2.05, 4.69) is 25.7 Å². The highest BCUT2D eigenvalue weighted by Crippen LogP contribution is 2.13. The third kappa shape index (κ3) is 4.03. The smallest absolute Gasteiger partial charge is 0.190 e. The van der Waals surface area contributed by atoms with Crippen LogP contribution in [0.3, 0.4) is 0 Å². The average Bonchev–Trinajstić information content (AvgIpc) is 2.78. The second-order valence-electron chi connectivity index (χ2n) is 4.26. The lowest BCUT2D eigenvalue weighted by molar-refractivity contribution is 0.177. The van der Waals surface area contributed by atoms with Crippen molar-refractivity contribution in [3.8, 4) is 0 Å². The Kier molecular flexibility index (Phi) is 6.49. The Bertz CT molecular complexity index is 433. The molecule has 0 radical (unpaired) electrons. The van der Waals surface area contributed by atoms with E-state index in [0.29, 0.717) is 12.6 Å².